The average molecular weight is 332 g/mol. The van der Waals surface area contributed by atoms with Crippen molar-refractivity contribution in [2.45, 2.75) is 49.4 Å². The van der Waals surface area contributed by atoms with E-state index in [2.05, 4.69) is 6.58 Å². The minimum absolute atomic E-state index is 0.163. The molecule has 3 aliphatic rings. The molecule has 122 valence electrons. The summed E-state index contributed by atoms with van der Waals surface area (Å²) in [7, 11) is -3.69. The van der Waals surface area contributed by atoms with Gasteiger partial charge in [-0.3, -0.25) is 4.18 Å². The molecule has 0 saturated carbocycles. The molecule has 3 fully saturated rings. The number of esters is 2. The summed E-state index contributed by atoms with van der Waals surface area (Å²) in [4.78, 5) is 23.0. The van der Waals surface area contributed by atoms with Gasteiger partial charge in [0.25, 0.3) is 10.1 Å². The molecule has 5 atom stereocenters. The van der Waals surface area contributed by atoms with Gasteiger partial charge in [-0.25, -0.2) is 9.59 Å². The molecule has 0 spiro atoms. The molecule has 0 aromatic heterocycles. The predicted molar refractivity (Wildman–Crippen MR) is 71.1 cm³/mol. The lowest BCUT2D eigenvalue weighted by Gasteiger charge is -2.29. The maximum atomic E-state index is 11.8. The van der Waals surface area contributed by atoms with Crippen LogP contribution >= 0.6 is 0 Å². The highest BCUT2D eigenvalue weighted by Crippen LogP contribution is 2.53. The van der Waals surface area contributed by atoms with Gasteiger partial charge in [-0.2, -0.15) is 8.42 Å². The highest BCUT2D eigenvalue weighted by atomic mass is 32.2. The molecular weight excluding hydrogens is 316 g/mol. The number of rotatable bonds is 4. The van der Waals surface area contributed by atoms with Gasteiger partial charge >= 0.3 is 11.9 Å². The zero-order valence-corrected chi connectivity index (χ0v) is 12.9. The van der Waals surface area contributed by atoms with Gasteiger partial charge in [0.1, 0.15) is 23.1 Å². The molecule has 8 nitrogen and oxygen atoms in total. The fourth-order valence-electron chi connectivity index (χ4n) is 3.14. The SMILES string of the molecule is C=C(C)C(=O)OCC(=O)OC1C2OS(=O)(=O)C3CC1(C)OC23. The van der Waals surface area contributed by atoms with E-state index < -0.39 is 57.8 Å². The van der Waals surface area contributed by atoms with Crippen molar-refractivity contribution in [1.29, 1.82) is 0 Å². The van der Waals surface area contributed by atoms with Crippen molar-refractivity contribution in [3.8, 4) is 0 Å². The Labute approximate surface area is 127 Å². The fourth-order valence-corrected chi connectivity index (χ4v) is 4.88. The van der Waals surface area contributed by atoms with Crippen molar-refractivity contribution in [3.63, 3.8) is 0 Å². The van der Waals surface area contributed by atoms with Crippen LogP contribution in [0.4, 0.5) is 0 Å². The van der Waals surface area contributed by atoms with Crippen molar-refractivity contribution in [3.05, 3.63) is 12.2 Å². The van der Waals surface area contributed by atoms with Gasteiger partial charge in [-0.15, -0.1) is 0 Å². The van der Waals surface area contributed by atoms with E-state index in [1.807, 2.05) is 0 Å². The first-order chi connectivity index (χ1) is 10.1. The molecule has 3 aliphatic heterocycles. The molecule has 3 rings (SSSR count). The summed E-state index contributed by atoms with van der Waals surface area (Å²) < 4.78 is 44.3. The van der Waals surface area contributed by atoms with Gasteiger partial charge in [0.05, 0.1) is 0 Å². The van der Waals surface area contributed by atoms with Gasteiger partial charge in [0, 0.05) is 12.0 Å². The quantitative estimate of drug-likeness (QED) is 0.392. The second-order valence-corrected chi connectivity index (χ2v) is 7.74. The third-order valence-electron chi connectivity index (χ3n) is 4.15. The number of hydrogen-bond donors (Lipinski definition) is 0. The summed E-state index contributed by atoms with van der Waals surface area (Å²) in [5.41, 5.74) is -0.742. The van der Waals surface area contributed by atoms with Gasteiger partial charge in [-0.05, 0) is 13.8 Å². The second-order valence-electron chi connectivity index (χ2n) is 5.96. The van der Waals surface area contributed by atoms with Gasteiger partial charge in [0.15, 0.2) is 12.7 Å². The number of carbonyl (C=O) groups excluding carboxylic acids is 2. The van der Waals surface area contributed by atoms with E-state index >= 15 is 0 Å². The number of ether oxygens (including phenoxy) is 3. The molecule has 3 saturated heterocycles. The van der Waals surface area contributed by atoms with Gasteiger partial charge in [-0.1, -0.05) is 6.58 Å². The van der Waals surface area contributed by atoms with Crippen LogP contribution in [0.25, 0.3) is 0 Å². The molecule has 0 aromatic carbocycles. The van der Waals surface area contributed by atoms with Crippen molar-refractivity contribution >= 4 is 22.1 Å². The summed E-state index contributed by atoms with van der Waals surface area (Å²) in [5, 5.41) is -0.710. The smallest absolute Gasteiger partial charge is 0.344 e. The van der Waals surface area contributed by atoms with Crippen LogP contribution in [0.15, 0.2) is 12.2 Å². The Hall–Kier alpha value is -1.45. The normalized spacial score (nSPS) is 40.5. The Morgan fingerprint density at radius 1 is 1.36 bits per heavy atom. The van der Waals surface area contributed by atoms with E-state index in [0.29, 0.717) is 0 Å². The zero-order chi connectivity index (χ0) is 16.3. The van der Waals surface area contributed by atoms with Gasteiger partial charge in [0.2, 0.25) is 0 Å². The summed E-state index contributed by atoms with van der Waals surface area (Å²) in [6.07, 6.45) is -2.10. The standard InChI is InChI=1S/C13H16O8S/c1-6(2)12(15)18-5-8(14)19-11-10-9-7(22(16,17)21-10)4-13(11,3)20-9/h7,9-11H,1,4-5H2,2-3H3. The molecule has 0 aliphatic carbocycles. The largest absolute Gasteiger partial charge is 0.454 e. The summed E-state index contributed by atoms with van der Waals surface area (Å²) >= 11 is 0. The molecule has 0 N–H and O–H groups in total. The average Bonchev–Trinajstić information content (AvgIpc) is 2.94. The zero-order valence-electron chi connectivity index (χ0n) is 12.1. The van der Waals surface area contributed by atoms with E-state index in [0.717, 1.165) is 0 Å². The van der Waals surface area contributed by atoms with Crippen LogP contribution < -0.4 is 0 Å². The Bertz CT molecular complexity index is 653. The van der Waals surface area contributed by atoms with Crippen molar-refractivity contribution in [1.82, 2.24) is 0 Å². The van der Waals surface area contributed by atoms with Crippen LogP contribution in [-0.2, 0) is 38.1 Å². The van der Waals surface area contributed by atoms with Crippen molar-refractivity contribution in [2.24, 2.45) is 0 Å². The predicted octanol–water partition coefficient (Wildman–Crippen LogP) is -0.324. The minimum Gasteiger partial charge on any atom is -0.454 e. The lowest BCUT2D eigenvalue weighted by Crippen LogP contribution is -2.47. The first kappa shape index (κ1) is 15.4. The first-order valence-corrected chi connectivity index (χ1v) is 8.23. The van der Waals surface area contributed by atoms with Crippen LogP contribution in [0.2, 0.25) is 0 Å². The third kappa shape index (κ3) is 2.24. The minimum atomic E-state index is -3.69. The van der Waals surface area contributed by atoms with Crippen LogP contribution in [-0.4, -0.2) is 56.1 Å². The number of hydrogen-bond acceptors (Lipinski definition) is 8. The number of carbonyl (C=O) groups is 2. The molecule has 22 heavy (non-hydrogen) atoms. The van der Waals surface area contributed by atoms with Crippen LogP contribution in [0.5, 0.6) is 0 Å². The highest BCUT2D eigenvalue weighted by molar-refractivity contribution is 7.87. The van der Waals surface area contributed by atoms with E-state index in [1.165, 1.54) is 6.92 Å². The molecule has 0 amide bonds. The molecule has 2 bridgehead atoms. The third-order valence-corrected chi connectivity index (χ3v) is 5.81. The van der Waals surface area contributed by atoms with E-state index in [9.17, 15) is 18.0 Å². The fraction of sp³-hybridized carbons (Fsp3) is 0.692. The van der Waals surface area contributed by atoms with Crippen LogP contribution in [0.1, 0.15) is 20.3 Å². The Morgan fingerprint density at radius 3 is 2.68 bits per heavy atom. The molecule has 0 aromatic rings. The Kier molecular flexibility index (Phi) is 3.35. The summed E-state index contributed by atoms with van der Waals surface area (Å²) in [6, 6.07) is 0. The lowest BCUT2D eigenvalue weighted by molar-refractivity contribution is -0.168. The summed E-state index contributed by atoms with van der Waals surface area (Å²) in [6.45, 7) is 5.95. The lowest BCUT2D eigenvalue weighted by atomic mass is 9.85. The molecule has 9 heteroatoms. The van der Waals surface area contributed by atoms with E-state index in [4.69, 9.17) is 18.4 Å². The van der Waals surface area contributed by atoms with E-state index in [-0.39, 0.29) is 12.0 Å². The monoisotopic (exact) mass is 332 g/mol. The maximum absolute atomic E-state index is 11.8. The molecule has 5 unspecified atom stereocenters. The van der Waals surface area contributed by atoms with Gasteiger partial charge < -0.3 is 14.2 Å². The summed E-state index contributed by atoms with van der Waals surface area (Å²) in [5.74, 6) is -1.49. The first-order valence-electron chi connectivity index (χ1n) is 6.76. The van der Waals surface area contributed by atoms with Crippen LogP contribution in [0.3, 0.4) is 0 Å². The number of fused-ring (bicyclic) bond motifs is 1. The molecular formula is C13H16O8S. The van der Waals surface area contributed by atoms with Crippen molar-refractivity contribution in [2.75, 3.05) is 6.61 Å². The highest BCUT2D eigenvalue weighted by Gasteiger charge is 2.72. The second kappa shape index (κ2) is 4.77. The molecule has 0 radical (unpaired) electrons. The molecule has 3 heterocycles. The van der Waals surface area contributed by atoms with Crippen molar-refractivity contribution < 1.29 is 36.4 Å². The Balaban J connectivity index is 1.66. The van der Waals surface area contributed by atoms with Crippen LogP contribution in [0, 0.1) is 0 Å². The Morgan fingerprint density at radius 2 is 2.05 bits per heavy atom. The maximum Gasteiger partial charge on any atom is 0.344 e. The topological polar surface area (TPSA) is 105 Å². The van der Waals surface area contributed by atoms with E-state index in [1.54, 1.807) is 6.92 Å².